The van der Waals surface area contributed by atoms with Crippen molar-refractivity contribution in [1.29, 1.82) is 0 Å². The number of nitrogens with zero attached hydrogens (tertiary/aromatic N) is 1. The Morgan fingerprint density at radius 3 is 2.58 bits per heavy atom. The SMILES string of the molecule is CCOc1ccccc1N(CCC(=O)Nc1cc(Cl)ccc1Cl)C(C)=O. The molecule has 5 nitrogen and oxygen atoms in total. The monoisotopic (exact) mass is 394 g/mol. The number of para-hydroxylation sites is 2. The van der Waals surface area contributed by atoms with Crippen LogP contribution in [0.2, 0.25) is 10.0 Å². The van der Waals surface area contributed by atoms with Gasteiger partial charge in [0, 0.05) is 24.9 Å². The molecule has 0 spiro atoms. The molecule has 0 bridgehead atoms. The molecule has 0 aromatic heterocycles. The third kappa shape index (κ3) is 5.38. The predicted octanol–water partition coefficient (Wildman–Crippen LogP) is 4.77. The summed E-state index contributed by atoms with van der Waals surface area (Å²) in [5.41, 5.74) is 1.07. The summed E-state index contributed by atoms with van der Waals surface area (Å²) in [6.45, 7) is 4.02. The topological polar surface area (TPSA) is 58.6 Å². The molecule has 0 aliphatic carbocycles. The van der Waals surface area contributed by atoms with Crippen LogP contribution in [-0.4, -0.2) is 25.0 Å². The summed E-state index contributed by atoms with van der Waals surface area (Å²) in [4.78, 5) is 25.9. The lowest BCUT2D eigenvalue weighted by atomic mass is 10.2. The van der Waals surface area contributed by atoms with E-state index in [1.807, 2.05) is 19.1 Å². The number of carbonyl (C=O) groups excluding carboxylic acids is 2. The van der Waals surface area contributed by atoms with Crippen molar-refractivity contribution in [3.8, 4) is 5.75 Å². The minimum atomic E-state index is -0.269. The summed E-state index contributed by atoms with van der Waals surface area (Å²) in [7, 11) is 0. The van der Waals surface area contributed by atoms with Crippen molar-refractivity contribution in [1.82, 2.24) is 0 Å². The van der Waals surface area contributed by atoms with Crippen molar-refractivity contribution in [2.24, 2.45) is 0 Å². The van der Waals surface area contributed by atoms with E-state index in [4.69, 9.17) is 27.9 Å². The Hall–Kier alpha value is -2.24. The molecule has 0 aliphatic rings. The van der Waals surface area contributed by atoms with E-state index in [1.54, 1.807) is 30.3 Å². The number of hydrogen-bond donors (Lipinski definition) is 1. The number of amides is 2. The van der Waals surface area contributed by atoms with Gasteiger partial charge in [0.1, 0.15) is 5.75 Å². The molecule has 0 saturated heterocycles. The first-order valence-electron chi connectivity index (χ1n) is 8.17. The summed E-state index contributed by atoms with van der Waals surface area (Å²) in [6, 6.07) is 12.1. The van der Waals surface area contributed by atoms with Crippen LogP contribution >= 0.6 is 23.2 Å². The lowest BCUT2D eigenvalue weighted by molar-refractivity contribution is -0.117. The minimum absolute atomic E-state index is 0.100. The van der Waals surface area contributed by atoms with Crippen LogP contribution in [0.5, 0.6) is 5.75 Å². The van der Waals surface area contributed by atoms with Gasteiger partial charge in [-0.15, -0.1) is 0 Å². The van der Waals surface area contributed by atoms with E-state index < -0.39 is 0 Å². The number of halogens is 2. The van der Waals surface area contributed by atoms with Crippen molar-refractivity contribution in [3.05, 3.63) is 52.5 Å². The van der Waals surface area contributed by atoms with Crippen LogP contribution in [0.4, 0.5) is 11.4 Å². The largest absolute Gasteiger partial charge is 0.492 e. The van der Waals surface area contributed by atoms with Gasteiger partial charge in [-0.3, -0.25) is 9.59 Å². The maximum atomic E-state index is 12.3. The molecule has 7 heteroatoms. The number of anilines is 2. The maximum absolute atomic E-state index is 12.3. The molecule has 0 atom stereocenters. The summed E-state index contributed by atoms with van der Waals surface area (Å²) in [6.07, 6.45) is 0.100. The molecule has 1 N–H and O–H groups in total. The molecule has 26 heavy (non-hydrogen) atoms. The molecule has 0 saturated carbocycles. The molecule has 2 aromatic rings. The predicted molar refractivity (Wildman–Crippen MR) is 105 cm³/mol. The van der Waals surface area contributed by atoms with E-state index >= 15 is 0 Å². The highest BCUT2D eigenvalue weighted by Crippen LogP contribution is 2.29. The van der Waals surface area contributed by atoms with Gasteiger partial charge in [0.15, 0.2) is 0 Å². The third-order valence-electron chi connectivity index (χ3n) is 3.60. The van der Waals surface area contributed by atoms with Gasteiger partial charge in [0.25, 0.3) is 0 Å². The number of hydrogen-bond acceptors (Lipinski definition) is 3. The van der Waals surface area contributed by atoms with Crippen LogP contribution in [0.1, 0.15) is 20.3 Å². The van der Waals surface area contributed by atoms with Gasteiger partial charge in [0.2, 0.25) is 11.8 Å². The molecule has 138 valence electrons. The van der Waals surface area contributed by atoms with E-state index in [2.05, 4.69) is 5.32 Å². The Bertz CT molecular complexity index is 796. The van der Waals surface area contributed by atoms with Crippen molar-refractivity contribution >= 4 is 46.4 Å². The zero-order valence-corrected chi connectivity index (χ0v) is 16.1. The Morgan fingerprint density at radius 2 is 1.88 bits per heavy atom. The van der Waals surface area contributed by atoms with Crippen LogP contribution in [0.3, 0.4) is 0 Å². The van der Waals surface area contributed by atoms with Crippen LogP contribution < -0.4 is 15.0 Å². The highest BCUT2D eigenvalue weighted by molar-refractivity contribution is 6.35. The third-order valence-corrected chi connectivity index (χ3v) is 4.17. The first-order valence-corrected chi connectivity index (χ1v) is 8.92. The normalized spacial score (nSPS) is 10.3. The summed E-state index contributed by atoms with van der Waals surface area (Å²) >= 11 is 12.0. The van der Waals surface area contributed by atoms with E-state index in [9.17, 15) is 9.59 Å². The average Bonchev–Trinajstić information content (AvgIpc) is 2.59. The van der Waals surface area contributed by atoms with Gasteiger partial charge < -0.3 is 15.0 Å². The molecular formula is C19H20Cl2N2O3. The maximum Gasteiger partial charge on any atom is 0.226 e. The number of ether oxygens (including phenoxy) is 1. The average molecular weight is 395 g/mol. The van der Waals surface area contributed by atoms with Crippen molar-refractivity contribution in [2.45, 2.75) is 20.3 Å². The number of benzene rings is 2. The van der Waals surface area contributed by atoms with Gasteiger partial charge in [-0.1, -0.05) is 35.3 Å². The first kappa shape index (κ1) is 20.1. The van der Waals surface area contributed by atoms with Gasteiger partial charge in [0.05, 0.1) is 23.0 Å². The Kier molecular flexibility index (Phi) is 7.30. The summed E-state index contributed by atoms with van der Waals surface area (Å²) in [5.74, 6) is 0.156. The molecule has 0 heterocycles. The highest BCUT2D eigenvalue weighted by Gasteiger charge is 2.17. The number of carbonyl (C=O) groups is 2. The molecule has 0 aliphatic heterocycles. The fourth-order valence-electron chi connectivity index (χ4n) is 2.42. The smallest absolute Gasteiger partial charge is 0.226 e. The molecule has 2 aromatic carbocycles. The van der Waals surface area contributed by atoms with Crippen molar-refractivity contribution < 1.29 is 14.3 Å². The van der Waals surface area contributed by atoms with E-state index in [1.165, 1.54) is 11.8 Å². The highest BCUT2D eigenvalue weighted by atomic mass is 35.5. The fraction of sp³-hybridized carbons (Fsp3) is 0.263. The summed E-state index contributed by atoms with van der Waals surface area (Å²) < 4.78 is 5.57. The van der Waals surface area contributed by atoms with Gasteiger partial charge >= 0.3 is 0 Å². The quantitative estimate of drug-likeness (QED) is 0.735. The second-order valence-corrected chi connectivity index (χ2v) is 6.34. The van der Waals surface area contributed by atoms with Gasteiger partial charge in [-0.25, -0.2) is 0 Å². The van der Waals surface area contributed by atoms with Crippen molar-refractivity contribution in [2.75, 3.05) is 23.4 Å². The Balaban J connectivity index is 2.08. The lowest BCUT2D eigenvalue weighted by Gasteiger charge is -2.23. The van der Waals surface area contributed by atoms with Crippen LogP contribution in [-0.2, 0) is 9.59 Å². The molecule has 0 fully saturated rings. The lowest BCUT2D eigenvalue weighted by Crippen LogP contribution is -2.32. The first-order chi connectivity index (χ1) is 12.4. The van der Waals surface area contributed by atoms with E-state index in [0.717, 1.165) is 0 Å². The second-order valence-electron chi connectivity index (χ2n) is 5.49. The van der Waals surface area contributed by atoms with Crippen LogP contribution in [0.15, 0.2) is 42.5 Å². The number of nitrogens with one attached hydrogen (secondary N) is 1. The summed E-state index contributed by atoms with van der Waals surface area (Å²) in [5, 5.41) is 3.58. The second kappa shape index (κ2) is 9.46. The van der Waals surface area contributed by atoms with Crippen LogP contribution in [0, 0.1) is 0 Å². The molecule has 2 amide bonds. The van der Waals surface area contributed by atoms with Gasteiger partial charge in [-0.2, -0.15) is 0 Å². The Morgan fingerprint density at radius 1 is 1.15 bits per heavy atom. The van der Waals surface area contributed by atoms with E-state index in [0.29, 0.717) is 33.8 Å². The minimum Gasteiger partial charge on any atom is -0.492 e. The van der Waals surface area contributed by atoms with E-state index in [-0.39, 0.29) is 24.8 Å². The zero-order valence-electron chi connectivity index (χ0n) is 14.6. The molecule has 0 radical (unpaired) electrons. The number of rotatable bonds is 7. The van der Waals surface area contributed by atoms with Gasteiger partial charge in [-0.05, 0) is 37.3 Å². The molecule has 0 unspecified atom stereocenters. The zero-order chi connectivity index (χ0) is 19.1. The fourth-order valence-corrected chi connectivity index (χ4v) is 2.76. The van der Waals surface area contributed by atoms with Crippen LogP contribution in [0.25, 0.3) is 0 Å². The molecular weight excluding hydrogens is 375 g/mol. The standard InChI is InChI=1S/C19H20Cl2N2O3/c1-3-26-18-7-5-4-6-17(18)23(13(2)24)11-10-19(25)22-16-12-14(20)8-9-15(16)21/h4-9,12H,3,10-11H2,1-2H3,(H,22,25). The Labute approximate surface area is 162 Å². The molecule has 2 rings (SSSR count). The van der Waals surface area contributed by atoms with Crippen molar-refractivity contribution in [3.63, 3.8) is 0 Å².